The van der Waals surface area contributed by atoms with Gasteiger partial charge in [0, 0.05) is 0 Å². The summed E-state index contributed by atoms with van der Waals surface area (Å²) in [6, 6.07) is -1.20. The van der Waals surface area contributed by atoms with E-state index in [0.717, 1.165) is 44.4 Å². The van der Waals surface area contributed by atoms with Crippen molar-refractivity contribution in [2.75, 3.05) is 40.9 Å². The van der Waals surface area contributed by atoms with Crippen LogP contribution in [-0.2, 0) is 18.4 Å². The summed E-state index contributed by atoms with van der Waals surface area (Å²) in [5.74, 6) is 0.0641. The van der Waals surface area contributed by atoms with Crippen LogP contribution in [0.15, 0.2) is 0 Å². The van der Waals surface area contributed by atoms with Gasteiger partial charge >= 0.3 is 7.82 Å². The molecule has 0 aliphatic heterocycles. The predicted octanol–water partition coefficient (Wildman–Crippen LogP) is 12.3. The number of aliphatic hydroxyl groups is 3. The summed E-state index contributed by atoms with van der Waals surface area (Å²) in [5, 5.41) is 35.2. The average Bonchev–Trinajstić information content (AvgIpc) is 3.19. The van der Waals surface area contributed by atoms with Gasteiger partial charge in [-0.1, -0.05) is 226 Å². The first-order valence-electron chi connectivity index (χ1n) is 25.5. The Morgan fingerprint density at radius 1 is 0.550 bits per heavy atom. The molecule has 360 valence electrons. The fourth-order valence-electron chi connectivity index (χ4n) is 7.81. The van der Waals surface area contributed by atoms with Crippen molar-refractivity contribution in [3.63, 3.8) is 0 Å². The van der Waals surface area contributed by atoms with Crippen LogP contribution in [0.2, 0.25) is 0 Å². The molecule has 2 unspecified atom stereocenters. The quantitative estimate of drug-likeness (QED) is 0.0231. The van der Waals surface area contributed by atoms with Crippen molar-refractivity contribution < 1.29 is 43.1 Å². The third kappa shape index (κ3) is 40.2. The zero-order chi connectivity index (χ0) is 44.7. The fraction of sp³-hybridized carbons (Fsp3) is 0.980. The van der Waals surface area contributed by atoms with Crippen molar-refractivity contribution in [3.05, 3.63) is 0 Å². The van der Waals surface area contributed by atoms with Crippen LogP contribution in [-0.4, -0.2) is 95.9 Å². The van der Waals surface area contributed by atoms with E-state index in [-0.39, 0.29) is 13.0 Å². The van der Waals surface area contributed by atoms with Crippen LogP contribution < -0.4 is 5.32 Å². The van der Waals surface area contributed by atoms with Crippen molar-refractivity contribution in [3.8, 4) is 0 Å². The van der Waals surface area contributed by atoms with E-state index in [0.29, 0.717) is 30.3 Å². The lowest BCUT2D eigenvalue weighted by atomic mass is 9.99. The van der Waals surface area contributed by atoms with Gasteiger partial charge in [0.1, 0.15) is 25.4 Å². The molecule has 5 atom stereocenters. The zero-order valence-electron chi connectivity index (χ0n) is 40.4. The van der Waals surface area contributed by atoms with Crippen molar-refractivity contribution in [1.82, 2.24) is 5.32 Å². The van der Waals surface area contributed by atoms with Gasteiger partial charge in [-0.25, -0.2) is 4.57 Å². The topological polar surface area (TPSA) is 146 Å². The number of quaternary nitrogens is 1. The van der Waals surface area contributed by atoms with Crippen LogP contribution in [0.4, 0.5) is 0 Å². The molecule has 0 saturated heterocycles. The number of nitrogens with one attached hydrogen (secondary N) is 1. The monoisotopic (exact) mass is 878 g/mol. The third-order valence-electron chi connectivity index (χ3n) is 12.0. The normalized spacial score (nSPS) is 15.2. The molecule has 0 saturated carbocycles. The Morgan fingerprint density at radius 3 is 1.27 bits per heavy atom. The van der Waals surface area contributed by atoms with Crippen molar-refractivity contribution in [2.45, 2.75) is 263 Å². The van der Waals surface area contributed by atoms with E-state index in [1.807, 2.05) is 21.1 Å². The lowest BCUT2D eigenvalue weighted by Gasteiger charge is -2.29. The minimum absolute atomic E-state index is 0.0181. The van der Waals surface area contributed by atoms with Crippen molar-refractivity contribution in [2.24, 2.45) is 5.92 Å². The predicted molar refractivity (Wildman–Crippen MR) is 252 cm³/mol. The number of phosphoric ester groups is 1. The number of phosphoric acid groups is 1. The molecule has 1 amide bonds. The molecular formula is C49H102N2O8P+. The number of carbonyl (C=O) groups excluding carboxylic acids is 1. The first-order valence-corrected chi connectivity index (χ1v) is 26.9. The highest BCUT2D eigenvalue weighted by Gasteiger charge is 2.33. The van der Waals surface area contributed by atoms with E-state index in [2.05, 4.69) is 26.1 Å². The molecular weight excluding hydrogens is 776 g/mol. The highest BCUT2D eigenvalue weighted by atomic mass is 31.2. The van der Waals surface area contributed by atoms with Gasteiger partial charge < -0.3 is 30.0 Å². The van der Waals surface area contributed by atoms with Crippen LogP contribution in [0.1, 0.15) is 239 Å². The summed E-state index contributed by atoms with van der Waals surface area (Å²) in [6.45, 7) is 6.71. The smallest absolute Gasteiger partial charge is 0.390 e. The first kappa shape index (κ1) is 59.4. The summed E-state index contributed by atoms with van der Waals surface area (Å²) in [4.78, 5) is 23.3. The number of nitrogens with zero attached hydrogens (tertiary/aromatic N) is 1. The molecule has 0 heterocycles. The van der Waals surface area contributed by atoms with Crippen LogP contribution in [0.5, 0.6) is 0 Å². The molecule has 0 aliphatic rings. The zero-order valence-corrected chi connectivity index (χ0v) is 41.3. The fourth-order valence-corrected chi connectivity index (χ4v) is 8.54. The van der Waals surface area contributed by atoms with Crippen LogP contribution in [0.25, 0.3) is 0 Å². The number of hydrogen-bond acceptors (Lipinski definition) is 7. The van der Waals surface area contributed by atoms with Crippen molar-refractivity contribution >= 4 is 13.7 Å². The number of hydrogen-bond donors (Lipinski definition) is 5. The average molecular weight is 878 g/mol. The van der Waals surface area contributed by atoms with Gasteiger partial charge in [-0.05, 0) is 18.8 Å². The summed E-state index contributed by atoms with van der Waals surface area (Å²) >= 11 is 0. The Balaban J connectivity index is 4.34. The molecule has 0 radical (unpaired) electrons. The van der Waals surface area contributed by atoms with Gasteiger partial charge in [-0.15, -0.1) is 0 Å². The minimum Gasteiger partial charge on any atom is -0.390 e. The van der Waals surface area contributed by atoms with Gasteiger partial charge in [0.15, 0.2) is 0 Å². The van der Waals surface area contributed by atoms with Gasteiger partial charge in [0.2, 0.25) is 5.91 Å². The molecule has 5 N–H and O–H groups in total. The van der Waals surface area contributed by atoms with Crippen molar-refractivity contribution in [1.29, 1.82) is 0 Å². The Morgan fingerprint density at radius 2 is 0.900 bits per heavy atom. The Hall–Kier alpha value is -0.580. The summed E-state index contributed by atoms with van der Waals surface area (Å²) in [7, 11) is 1.30. The summed E-state index contributed by atoms with van der Waals surface area (Å²) in [5.41, 5.74) is 0. The maximum absolute atomic E-state index is 13.0. The number of carbonyl (C=O) groups is 1. The van der Waals surface area contributed by atoms with E-state index in [1.54, 1.807) is 0 Å². The third-order valence-corrected chi connectivity index (χ3v) is 13.0. The second kappa shape index (κ2) is 40.0. The lowest BCUT2D eigenvalue weighted by molar-refractivity contribution is -0.870. The molecule has 0 fully saturated rings. The molecule has 0 aliphatic carbocycles. The molecule has 0 bridgehead atoms. The van der Waals surface area contributed by atoms with Gasteiger partial charge in [-0.2, -0.15) is 0 Å². The number of amides is 1. The molecule has 0 aromatic heterocycles. The van der Waals surface area contributed by atoms with Crippen LogP contribution >= 0.6 is 7.82 Å². The van der Waals surface area contributed by atoms with E-state index in [1.165, 1.54) is 154 Å². The molecule has 11 heteroatoms. The standard InChI is InChI=1S/C49H101N2O8P/c1-7-8-9-10-11-12-13-14-15-16-17-18-19-20-21-22-23-24-25-26-31-34-37-40-47(53)49(55)50-45(43-59-60(56,57)58-42-41-51(4,5)6)48(54)46(52)39-36-33-30-28-27-29-32-35-38-44(2)3/h44-48,52-54H,7-43H2,1-6H3,(H-,50,55,56,57)/p+1/t45-,46+,47?,48-/m0/s1. The lowest BCUT2D eigenvalue weighted by Crippen LogP contribution is -2.53. The maximum atomic E-state index is 13.0. The van der Waals surface area contributed by atoms with Gasteiger partial charge in [0.05, 0.1) is 39.9 Å². The van der Waals surface area contributed by atoms with E-state index in [9.17, 15) is 29.6 Å². The minimum atomic E-state index is -4.49. The summed E-state index contributed by atoms with van der Waals surface area (Å²) < 4.78 is 23.5. The Kier molecular flexibility index (Phi) is 39.6. The largest absolute Gasteiger partial charge is 0.472 e. The van der Waals surface area contributed by atoms with Crippen LogP contribution in [0, 0.1) is 5.92 Å². The molecule has 0 aromatic carbocycles. The van der Waals surface area contributed by atoms with Gasteiger partial charge in [-0.3, -0.25) is 13.8 Å². The number of rotatable bonds is 46. The van der Waals surface area contributed by atoms with E-state index in [4.69, 9.17) is 9.05 Å². The highest BCUT2D eigenvalue weighted by Crippen LogP contribution is 2.43. The maximum Gasteiger partial charge on any atom is 0.472 e. The first-order chi connectivity index (χ1) is 28.7. The molecule has 10 nitrogen and oxygen atoms in total. The number of aliphatic hydroxyl groups excluding tert-OH is 3. The van der Waals surface area contributed by atoms with Crippen LogP contribution in [0.3, 0.4) is 0 Å². The molecule has 60 heavy (non-hydrogen) atoms. The highest BCUT2D eigenvalue weighted by molar-refractivity contribution is 7.47. The molecule has 0 aromatic rings. The molecule has 0 rings (SSSR count). The summed E-state index contributed by atoms with van der Waals surface area (Å²) in [6.07, 6.45) is 36.8. The Bertz CT molecular complexity index is 997. The number of unbranched alkanes of at least 4 members (excludes halogenated alkanes) is 29. The van der Waals surface area contributed by atoms with E-state index >= 15 is 0 Å². The second-order valence-corrected chi connectivity index (χ2v) is 21.1. The Labute approximate surface area is 371 Å². The SMILES string of the molecule is CCCCCCCCCCCCCCCCCCCCCCCCCC(O)C(=O)N[C@@H](COP(=O)(O)OCC[N+](C)(C)C)[C@H](O)[C@H](O)CCCCCCCCCCC(C)C. The number of likely N-dealkylation sites (N-methyl/N-ethyl adjacent to an activating group) is 1. The second-order valence-electron chi connectivity index (χ2n) is 19.7. The molecule has 0 spiro atoms. The van der Waals surface area contributed by atoms with E-state index < -0.39 is 44.7 Å². The van der Waals surface area contributed by atoms with Gasteiger partial charge in [0.25, 0.3) is 0 Å².